The van der Waals surface area contributed by atoms with Gasteiger partial charge >= 0.3 is 0 Å². The van der Waals surface area contributed by atoms with E-state index in [0.717, 1.165) is 16.8 Å². The van der Waals surface area contributed by atoms with Gasteiger partial charge in [-0.25, -0.2) is 9.97 Å². The van der Waals surface area contributed by atoms with E-state index in [-0.39, 0.29) is 5.56 Å². The van der Waals surface area contributed by atoms with E-state index in [9.17, 15) is 4.79 Å². The number of aromatic nitrogens is 3. The maximum absolute atomic E-state index is 12.3. The van der Waals surface area contributed by atoms with E-state index < -0.39 is 0 Å². The number of halogens is 1. The van der Waals surface area contributed by atoms with Crippen LogP contribution < -0.4 is 5.56 Å². The van der Waals surface area contributed by atoms with Crippen LogP contribution in [0.2, 0.25) is 5.15 Å². The Balaban J connectivity index is 2.06. The van der Waals surface area contributed by atoms with Crippen LogP contribution >= 0.6 is 22.9 Å². The Morgan fingerprint density at radius 2 is 2.26 bits per heavy atom. The van der Waals surface area contributed by atoms with Crippen molar-refractivity contribution in [2.45, 2.75) is 13.5 Å². The maximum atomic E-state index is 12.3. The van der Waals surface area contributed by atoms with Gasteiger partial charge in [0.25, 0.3) is 5.56 Å². The lowest BCUT2D eigenvalue weighted by molar-refractivity contribution is 0.731. The van der Waals surface area contributed by atoms with Gasteiger partial charge in [-0.3, -0.25) is 9.36 Å². The van der Waals surface area contributed by atoms with Crippen molar-refractivity contribution in [3.63, 3.8) is 0 Å². The maximum Gasteiger partial charge on any atom is 0.271 e. The quantitative estimate of drug-likeness (QED) is 0.682. The lowest BCUT2D eigenvalue weighted by Gasteiger charge is -2.05. The average Bonchev–Trinajstić information content (AvgIpc) is 2.76. The highest BCUT2D eigenvalue weighted by atomic mass is 35.5. The van der Waals surface area contributed by atoms with Gasteiger partial charge < -0.3 is 0 Å². The summed E-state index contributed by atoms with van der Waals surface area (Å²) in [5.41, 5.74) is 2.52. The topological polar surface area (TPSA) is 47.8 Å². The Labute approximate surface area is 118 Å². The molecule has 3 rings (SSSR count). The SMILES string of the molecule is Cc1csc2c(=O)n(Cc3cccc(Cl)n3)cnc12. The van der Waals surface area contributed by atoms with Gasteiger partial charge in [0, 0.05) is 0 Å². The third-order valence-corrected chi connectivity index (χ3v) is 4.11. The van der Waals surface area contributed by atoms with Gasteiger partial charge in [0.05, 0.1) is 24.1 Å². The van der Waals surface area contributed by atoms with E-state index in [0.29, 0.717) is 16.4 Å². The molecule has 19 heavy (non-hydrogen) atoms. The predicted octanol–water partition coefficient (Wildman–Crippen LogP) is 2.86. The smallest absolute Gasteiger partial charge is 0.271 e. The number of nitrogens with zero attached hydrogens (tertiary/aromatic N) is 3. The summed E-state index contributed by atoms with van der Waals surface area (Å²) in [6.07, 6.45) is 1.56. The van der Waals surface area contributed by atoms with Gasteiger partial charge in [0.2, 0.25) is 0 Å². The molecule has 0 aliphatic carbocycles. The molecule has 0 atom stereocenters. The lowest BCUT2D eigenvalue weighted by Crippen LogP contribution is -2.20. The number of hydrogen-bond donors (Lipinski definition) is 0. The Morgan fingerprint density at radius 3 is 3.05 bits per heavy atom. The normalized spacial score (nSPS) is 11.1. The number of thiophene rings is 1. The highest BCUT2D eigenvalue weighted by Gasteiger charge is 2.09. The van der Waals surface area contributed by atoms with Crippen molar-refractivity contribution in [3.05, 3.63) is 56.7 Å². The molecule has 0 radical (unpaired) electrons. The van der Waals surface area contributed by atoms with Gasteiger partial charge in [0.1, 0.15) is 9.85 Å². The summed E-state index contributed by atoms with van der Waals surface area (Å²) < 4.78 is 2.23. The van der Waals surface area contributed by atoms with Crippen molar-refractivity contribution in [1.82, 2.24) is 14.5 Å². The molecule has 3 aromatic heterocycles. The molecule has 6 heteroatoms. The zero-order valence-electron chi connectivity index (χ0n) is 10.1. The van der Waals surface area contributed by atoms with E-state index in [2.05, 4.69) is 9.97 Å². The number of pyridine rings is 1. The highest BCUT2D eigenvalue weighted by molar-refractivity contribution is 7.17. The zero-order valence-corrected chi connectivity index (χ0v) is 11.7. The van der Waals surface area contributed by atoms with Crippen LogP contribution in [0.15, 0.2) is 34.7 Å². The van der Waals surface area contributed by atoms with E-state index in [1.165, 1.54) is 11.3 Å². The van der Waals surface area contributed by atoms with Crippen molar-refractivity contribution >= 4 is 33.2 Å². The van der Waals surface area contributed by atoms with Crippen molar-refractivity contribution in [2.24, 2.45) is 0 Å². The standard InChI is InChI=1S/C13H10ClN3OS/c1-8-6-19-12-11(8)15-7-17(13(12)18)5-9-3-2-4-10(14)16-9/h2-4,6-7H,5H2,1H3. The number of rotatable bonds is 2. The summed E-state index contributed by atoms with van der Waals surface area (Å²) in [7, 11) is 0. The number of aryl methyl sites for hydroxylation is 1. The monoisotopic (exact) mass is 291 g/mol. The van der Waals surface area contributed by atoms with Gasteiger partial charge in [-0.1, -0.05) is 17.7 Å². The van der Waals surface area contributed by atoms with Crippen LogP contribution in [-0.2, 0) is 6.54 Å². The summed E-state index contributed by atoms with van der Waals surface area (Å²) in [6, 6.07) is 5.36. The summed E-state index contributed by atoms with van der Waals surface area (Å²) in [5, 5.41) is 2.37. The summed E-state index contributed by atoms with van der Waals surface area (Å²) in [4.78, 5) is 20.8. The molecule has 0 bridgehead atoms. The van der Waals surface area contributed by atoms with Crippen LogP contribution in [0.25, 0.3) is 10.2 Å². The first-order valence-electron chi connectivity index (χ1n) is 5.70. The molecule has 3 aromatic rings. The third-order valence-electron chi connectivity index (χ3n) is 2.83. The molecule has 0 amide bonds. The molecular weight excluding hydrogens is 282 g/mol. The Morgan fingerprint density at radius 1 is 1.42 bits per heavy atom. The molecule has 0 saturated carbocycles. The summed E-state index contributed by atoms with van der Waals surface area (Å²) >= 11 is 7.26. The van der Waals surface area contributed by atoms with Gasteiger partial charge in [-0.15, -0.1) is 11.3 Å². The van der Waals surface area contributed by atoms with Gasteiger partial charge in [0.15, 0.2) is 0 Å². The molecular formula is C13H10ClN3OS. The first-order chi connectivity index (χ1) is 9.15. The molecule has 0 spiro atoms. The second-order valence-electron chi connectivity index (χ2n) is 4.23. The van der Waals surface area contributed by atoms with E-state index in [4.69, 9.17) is 11.6 Å². The van der Waals surface area contributed by atoms with Crippen LogP contribution in [0.1, 0.15) is 11.3 Å². The first-order valence-corrected chi connectivity index (χ1v) is 6.95. The van der Waals surface area contributed by atoms with Gasteiger partial charge in [-0.2, -0.15) is 0 Å². The molecule has 0 unspecified atom stereocenters. The fourth-order valence-corrected chi connectivity index (χ4v) is 3.02. The molecule has 0 aliphatic rings. The number of fused-ring (bicyclic) bond motifs is 1. The first kappa shape index (κ1) is 12.3. The van der Waals surface area contributed by atoms with Crippen molar-refractivity contribution in [1.29, 1.82) is 0 Å². The minimum atomic E-state index is -0.0372. The Kier molecular flexibility index (Phi) is 3.08. The minimum absolute atomic E-state index is 0.0372. The second kappa shape index (κ2) is 4.75. The molecule has 0 aliphatic heterocycles. The molecule has 0 aromatic carbocycles. The highest BCUT2D eigenvalue weighted by Crippen LogP contribution is 2.19. The van der Waals surface area contributed by atoms with Crippen molar-refractivity contribution in [3.8, 4) is 0 Å². The van der Waals surface area contributed by atoms with E-state index >= 15 is 0 Å². The third kappa shape index (κ3) is 2.27. The van der Waals surface area contributed by atoms with Crippen LogP contribution in [0, 0.1) is 6.92 Å². The molecule has 0 fully saturated rings. The number of hydrogen-bond acceptors (Lipinski definition) is 4. The minimum Gasteiger partial charge on any atom is -0.292 e. The largest absolute Gasteiger partial charge is 0.292 e. The van der Waals surface area contributed by atoms with Gasteiger partial charge in [-0.05, 0) is 30.0 Å². The van der Waals surface area contributed by atoms with Crippen molar-refractivity contribution < 1.29 is 0 Å². The Bertz CT molecular complexity index is 809. The molecule has 96 valence electrons. The van der Waals surface area contributed by atoms with Crippen LogP contribution in [0.4, 0.5) is 0 Å². The van der Waals surface area contributed by atoms with Crippen molar-refractivity contribution in [2.75, 3.05) is 0 Å². The summed E-state index contributed by atoms with van der Waals surface area (Å²) in [5.74, 6) is 0. The predicted molar refractivity (Wildman–Crippen MR) is 77.0 cm³/mol. The summed E-state index contributed by atoms with van der Waals surface area (Å²) in [6.45, 7) is 2.33. The second-order valence-corrected chi connectivity index (χ2v) is 5.49. The lowest BCUT2D eigenvalue weighted by atomic mass is 10.3. The fraction of sp³-hybridized carbons (Fsp3) is 0.154. The molecule has 0 N–H and O–H groups in total. The zero-order chi connectivity index (χ0) is 13.4. The van der Waals surface area contributed by atoms with Crippen LogP contribution in [0.3, 0.4) is 0 Å². The van der Waals surface area contributed by atoms with Crippen LogP contribution in [0.5, 0.6) is 0 Å². The van der Waals surface area contributed by atoms with E-state index in [1.54, 1.807) is 17.0 Å². The van der Waals surface area contributed by atoms with Crippen LogP contribution in [-0.4, -0.2) is 14.5 Å². The molecule has 4 nitrogen and oxygen atoms in total. The molecule has 0 saturated heterocycles. The average molecular weight is 292 g/mol. The Hall–Kier alpha value is -1.72. The van der Waals surface area contributed by atoms with E-state index in [1.807, 2.05) is 24.4 Å². The fourth-order valence-electron chi connectivity index (χ4n) is 1.89. The molecule has 3 heterocycles.